The molecule has 8 nitrogen and oxygen atoms in total. The number of benzene rings is 4. The number of rotatable bonds is 10. The molecule has 0 saturated heterocycles. The Bertz CT molecular complexity index is 2230. The zero-order chi connectivity index (χ0) is 33.9. The molecule has 6 rings (SSSR count). The Morgan fingerprint density at radius 1 is 1.00 bits per heavy atom. The Morgan fingerprint density at radius 3 is 2.54 bits per heavy atom. The van der Waals surface area contributed by atoms with Crippen LogP contribution in [0.25, 0.3) is 16.8 Å². The van der Waals surface area contributed by atoms with Crippen LogP contribution in [0.15, 0.2) is 104 Å². The van der Waals surface area contributed by atoms with Gasteiger partial charge in [0.15, 0.2) is 16.3 Å². The number of halogens is 1. The van der Waals surface area contributed by atoms with Gasteiger partial charge in [-0.25, -0.2) is 9.79 Å². The summed E-state index contributed by atoms with van der Waals surface area (Å²) < 4.78 is 26.4. The number of thiazole rings is 1. The van der Waals surface area contributed by atoms with Crippen LogP contribution in [0, 0.1) is 0 Å². The van der Waals surface area contributed by atoms with Crippen molar-refractivity contribution in [3.8, 4) is 17.2 Å². The fraction of sp³-hybridized carbons (Fsp3) is 0.237. The summed E-state index contributed by atoms with van der Waals surface area (Å²) in [6.45, 7) is 8.07. The summed E-state index contributed by atoms with van der Waals surface area (Å²) in [5.41, 5.74) is 2.94. The van der Waals surface area contributed by atoms with Gasteiger partial charge in [0.1, 0.15) is 18.4 Å². The minimum Gasteiger partial charge on any atom is -0.496 e. The van der Waals surface area contributed by atoms with Crippen LogP contribution >= 0.6 is 27.3 Å². The molecule has 5 aromatic rings. The lowest BCUT2D eigenvalue weighted by Gasteiger charge is -2.26. The first-order valence-electron chi connectivity index (χ1n) is 15.6. The number of fused-ring (bicyclic) bond motifs is 2. The quantitative estimate of drug-likeness (QED) is 0.143. The highest BCUT2D eigenvalue weighted by Gasteiger charge is 2.35. The van der Waals surface area contributed by atoms with E-state index in [9.17, 15) is 9.59 Å². The van der Waals surface area contributed by atoms with Gasteiger partial charge in [-0.05, 0) is 86.0 Å². The third-order valence-corrected chi connectivity index (χ3v) is 9.38. The smallest absolute Gasteiger partial charge is 0.338 e. The highest BCUT2D eigenvalue weighted by molar-refractivity contribution is 9.10. The summed E-state index contributed by atoms with van der Waals surface area (Å²) in [4.78, 5) is 32.9. The summed E-state index contributed by atoms with van der Waals surface area (Å²) in [5, 5.41) is 2.29. The molecule has 2 heterocycles. The average Bonchev–Trinajstić information content (AvgIpc) is 3.37. The molecule has 0 fully saturated rings. The molecule has 48 heavy (non-hydrogen) atoms. The monoisotopic (exact) mass is 726 g/mol. The molecule has 0 spiro atoms. The number of carbonyl (C=O) groups is 1. The van der Waals surface area contributed by atoms with Crippen LogP contribution in [0.2, 0.25) is 0 Å². The molecular weight excluding hydrogens is 692 g/mol. The molecule has 0 radical (unpaired) electrons. The molecule has 0 bridgehead atoms. The van der Waals surface area contributed by atoms with E-state index in [2.05, 4.69) is 40.2 Å². The largest absolute Gasteiger partial charge is 0.496 e. The van der Waals surface area contributed by atoms with Gasteiger partial charge in [0, 0.05) is 10.0 Å². The maximum absolute atomic E-state index is 14.2. The molecule has 0 aliphatic carbocycles. The molecule has 0 N–H and O–H groups in total. The van der Waals surface area contributed by atoms with Crippen molar-refractivity contribution in [3.05, 3.63) is 131 Å². The van der Waals surface area contributed by atoms with E-state index >= 15 is 0 Å². The van der Waals surface area contributed by atoms with Crippen molar-refractivity contribution >= 4 is 50.1 Å². The number of esters is 1. The van der Waals surface area contributed by atoms with E-state index in [1.165, 1.54) is 11.3 Å². The number of nitrogens with zero attached hydrogens (tertiary/aromatic N) is 2. The van der Waals surface area contributed by atoms with Crippen molar-refractivity contribution in [2.45, 2.75) is 46.4 Å². The van der Waals surface area contributed by atoms with E-state index in [-0.39, 0.29) is 17.2 Å². The lowest BCUT2D eigenvalue weighted by Crippen LogP contribution is -2.40. The molecule has 1 atom stereocenters. The molecule has 10 heteroatoms. The zero-order valence-corrected chi connectivity index (χ0v) is 29.7. The molecule has 0 saturated carbocycles. The normalized spacial score (nSPS) is 14.6. The summed E-state index contributed by atoms with van der Waals surface area (Å²) in [6, 6.07) is 24.7. The number of hydrogen-bond donors (Lipinski definition) is 0. The van der Waals surface area contributed by atoms with Gasteiger partial charge in [0.05, 0.1) is 35.6 Å². The Labute approximate surface area is 290 Å². The average molecular weight is 728 g/mol. The summed E-state index contributed by atoms with van der Waals surface area (Å²) >= 11 is 4.80. The van der Waals surface area contributed by atoms with Crippen molar-refractivity contribution in [1.82, 2.24) is 4.57 Å². The van der Waals surface area contributed by atoms with Crippen LogP contribution in [-0.4, -0.2) is 30.4 Å². The lowest BCUT2D eigenvalue weighted by molar-refractivity contribution is -0.143. The molecule has 1 aromatic heterocycles. The molecule has 0 amide bonds. The Kier molecular flexibility index (Phi) is 9.84. The number of carbonyl (C=O) groups excluding carboxylic acids is 1. The Balaban J connectivity index is 1.41. The fourth-order valence-corrected chi connectivity index (χ4v) is 7.23. The fourth-order valence-electron chi connectivity index (χ4n) is 5.80. The van der Waals surface area contributed by atoms with E-state index < -0.39 is 12.0 Å². The first-order valence-corrected chi connectivity index (χ1v) is 17.2. The maximum atomic E-state index is 14.2. The molecule has 0 unspecified atom stereocenters. The third-order valence-electron chi connectivity index (χ3n) is 7.90. The van der Waals surface area contributed by atoms with E-state index in [1.54, 1.807) is 38.5 Å². The highest BCUT2D eigenvalue weighted by Crippen LogP contribution is 2.37. The standard InChI is InChI=1S/C38H35BrN2O6S/c1-6-45-32-18-24(14-16-31(32)46-21-26-12-9-11-25-10-7-8-13-28(25)26)19-33-36(42)41-35(29-20-27(39)15-17-30(29)44-5)34(37(43)47-22(2)3)23(4)40-38(41)48-33/h7-20,22,35H,6,21H2,1-5H3/b33-19-/t35-/m0/s1. The van der Waals surface area contributed by atoms with E-state index in [1.807, 2.05) is 61.5 Å². The predicted molar refractivity (Wildman–Crippen MR) is 192 cm³/mol. The second-order valence-corrected chi connectivity index (χ2v) is 13.4. The van der Waals surface area contributed by atoms with Crippen molar-refractivity contribution < 1.29 is 23.7 Å². The van der Waals surface area contributed by atoms with Crippen LogP contribution in [0.3, 0.4) is 0 Å². The maximum Gasteiger partial charge on any atom is 0.338 e. The minimum atomic E-state index is -0.814. The Morgan fingerprint density at radius 2 is 1.77 bits per heavy atom. The van der Waals surface area contributed by atoms with Crippen LogP contribution in [0.5, 0.6) is 17.2 Å². The number of ether oxygens (including phenoxy) is 4. The van der Waals surface area contributed by atoms with Gasteiger partial charge in [-0.2, -0.15) is 0 Å². The van der Waals surface area contributed by atoms with Crippen molar-refractivity contribution in [1.29, 1.82) is 0 Å². The van der Waals surface area contributed by atoms with Crippen molar-refractivity contribution in [3.63, 3.8) is 0 Å². The molecular formula is C38H35BrN2O6S. The topological polar surface area (TPSA) is 88.4 Å². The van der Waals surface area contributed by atoms with Gasteiger partial charge in [0.2, 0.25) is 0 Å². The van der Waals surface area contributed by atoms with Gasteiger partial charge < -0.3 is 18.9 Å². The minimum absolute atomic E-state index is 0.283. The number of hydrogen-bond acceptors (Lipinski definition) is 8. The van der Waals surface area contributed by atoms with Crippen LogP contribution < -0.4 is 29.1 Å². The van der Waals surface area contributed by atoms with Crippen LogP contribution in [0.4, 0.5) is 0 Å². The number of allylic oxidation sites excluding steroid dienone is 1. The summed E-state index contributed by atoms with van der Waals surface area (Å²) in [6.07, 6.45) is 1.45. The highest BCUT2D eigenvalue weighted by atomic mass is 79.9. The molecule has 4 aromatic carbocycles. The first kappa shape index (κ1) is 33.2. The van der Waals surface area contributed by atoms with Crippen LogP contribution in [0.1, 0.15) is 50.4 Å². The van der Waals surface area contributed by atoms with Gasteiger partial charge in [0.25, 0.3) is 5.56 Å². The first-order chi connectivity index (χ1) is 23.2. The number of methoxy groups -OCH3 is 1. The van der Waals surface area contributed by atoms with Gasteiger partial charge >= 0.3 is 5.97 Å². The van der Waals surface area contributed by atoms with Gasteiger partial charge in [-0.1, -0.05) is 75.8 Å². The SMILES string of the molecule is CCOc1cc(/C=c2\sc3n(c2=O)[C@@H](c2cc(Br)ccc2OC)C(C(=O)OC(C)C)=C(C)N=3)ccc1OCc1cccc2ccccc12. The van der Waals surface area contributed by atoms with E-state index in [0.29, 0.717) is 51.1 Å². The van der Waals surface area contributed by atoms with E-state index in [0.717, 1.165) is 26.4 Å². The predicted octanol–water partition coefficient (Wildman–Crippen LogP) is 7.09. The van der Waals surface area contributed by atoms with Crippen LogP contribution in [-0.2, 0) is 16.1 Å². The number of aromatic nitrogens is 1. The van der Waals surface area contributed by atoms with Crippen molar-refractivity contribution in [2.75, 3.05) is 13.7 Å². The van der Waals surface area contributed by atoms with Gasteiger partial charge in [-0.3, -0.25) is 9.36 Å². The zero-order valence-electron chi connectivity index (χ0n) is 27.3. The molecule has 1 aliphatic rings. The third kappa shape index (κ3) is 6.68. The lowest BCUT2D eigenvalue weighted by atomic mass is 9.95. The second kappa shape index (κ2) is 14.2. The van der Waals surface area contributed by atoms with E-state index in [4.69, 9.17) is 23.9 Å². The van der Waals surface area contributed by atoms with Crippen molar-refractivity contribution in [2.24, 2.45) is 4.99 Å². The molecule has 246 valence electrons. The molecule has 1 aliphatic heterocycles. The Hall–Kier alpha value is -4.67. The van der Waals surface area contributed by atoms with Gasteiger partial charge in [-0.15, -0.1) is 0 Å². The summed E-state index contributed by atoms with van der Waals surface area (Å²) in [7, 11) is 1.56. The summed E-state index contributed by atoms with van der Waals surface area (Å²) in [5.74, 6) is 1.18. The second-order valence-electron chi connectivity index (χ2n) is 11.5.